The molecule has 0 aliphatic rings. The summed E-state index contributed by atoms with van der Waals surface area (Å²) in [5.74, 6) is -0.0283. The zero-order valence-electron chi connectivity index (χ0n) is 12.1. The van der Waals surface area contributed by atoms with Crippen LogP contribution in [0.25, 0.3) is 10.6 Å². The third-order valence-corrected chi connectivity index (χ3v) is 4.03. The number of nitrogens with zero attached hydrogens (tertiary/aromatic N) is 1. The van der Waals surface area contributed by atoms with Gasteiger partial charge < -0.3 is 19.4 Å². The normalized spacial score (nSPS) is 10.4. The predicted molar refractivity (Wildman–Crippen MR) is 79.0 cm³/mol. The molecular weight excluding hydrogens is 290 g/mol. The summed E-state index contributed by atoms with van der Waals surface area (Å²) >= 11 is 1.08. The third-order valence-electron chi connectivity index (χ3n) is 2.86. The molecule has 1 heterocycles. The molecule has 21 heavy (non-hydrogen) atoms. The van der Waals surface area contributed by atoms with Crippen LogP contribution < -0.4 is 14.6 Å². The number of aryl methyl sites for hydroxylation is 1. The van der Waals surface area contributed by atoms with E-state index < -0.39 is 5.97 Å². The predicted octanol–water partition coefficient (Wildman–Crippen LogP) is 2.28. The van der Waals surface area contributed by atoms with E-state index in [2.05, 4.69) is 4.98 Å². The van der Waals surface area contributed by atoms with Gasteiger partial charge in [0.2, 0.25) is 0 Å². The van der Waals surface area contributed by atoms with Gasteiger partial charge in [0.25, 0.3) is 0 Å². The summed E-state index contributed by atoms with van der Waals surface area (Å²) < 4.78 is 11.1. The molecule has 0 N–H and O–H groups in total. The molecule has 0 saturated heterocycles. The van der Waals surface area contributed by atoms with Crippen molar-refractivity contribution in [1.82, 2.24) is 4.98 Å². The van der Waals surface area contributed by atoms with Gasteiger partial charge in [-0.15, -0.1) is 11.3 Å². The molecule has 112 valence electrons. The third kappa shape index (κ3) is 3.16. The van der Waals surface area contributed by atoms with Crippen molar-refractivity contribution in [1.29, 1.82) is 0 Å². The number of para-hydroxylation sites is 1. The average molecular weight is 306 g/mol. The number of aromatic carboxylic acids is 1. The number of carbonyl (C=O) groups excluding carboxylic acids is 1. The van der Waals surface area contributed by atoms with E-state index in [0.29, 0.717) is 28.8 Å². The zero-order valence-corrected chi connectivity index (χ0v) is 13.0. The zero-order chi connectivity index (χ0) is 15.4. The summed E-state index contributed by atoms with van der Waals surface area (Å²) in [6, 6.07) is 5.46. The molecule has 0 bridgehead atoms. The molecule has 1 aromatic heterocycles. The van der Waals surface area contributed by atoms with E-state index in [9.17, 15) is 9.90 Å². The number of hydrogen-bond acceptors (Lipinski definition) is 6. The van der Waals surface area contributed by atoms with Crippen molar-refractivity contribution in [3.8, 4) is 22.1 Å². The molecule has 0 fully saturated rings. The number of methoxy groups -OCH3 is 1. The number of thiazole rings is 1. The second kappa shape index (κ2) is 6.58. The van der Waals surface area contributed by atoms with Crippen molar-refractivity contribution in [2.45, 2.75) is 20.3 Å². The van der Waals surface area contributed by atoms with E-state index >= 15 is 0 Å². The molecule has 5 nitrogen and oxygen atoms in total. The molecule has 0 aliphatic heterocycles. The van der Waals surface area contributed by atoms with Crippen LogP contribution in [-0.2, 0) is 0 Å². The van der Waals surface area contributed by atoms with Gasteiger partial charge in [-0.3, -0.25) is 0 Å². The highest BCUT2D eigenvalue weighted by Crippen LogP contribution is 2.40. The van der Waals surface area contributed by atoms with Gasteiger partial charge in [0.05, 0.1) is 35.8 Å². The summed E-state index contributed by atoms with van der Waals surface area (Å²) in [5, 5.41) is 11.6. The number of aromatic nitrogens is 1. The number of rotatable bonds is 6. The Kier molecular flexibility index (Phi) is 4.80. The first-order valence-corrected chi connectivity index (χ1v) is 7.39. The number of hydrogen-bond donors (Lipinski definition) is 0. The summed E-state index contributed by atoms with van der Waals surface area (Å²) in [5.41, 5.74) is 1.17. The number of carbonyl (C=O) groups is 1. The molecule has 0 unspecified atom stereocenters. The number of carboxylic acid groups (broad SMARTS) is 1. The number of carboxylic acids is 1. The van der Waals surface area contributed by atoms with Gasteiger partial charge in [-0.05, 0) is 25.5 Å². The van der Waals surface area contributed by atoms with Crippen molar-refractivity contribution in [2.75, 3.05) is 13.7 Å². The Hall–Kier alpha value is -2.08. The Labute approximate surface area is 127 Å². The van der Waals surface area contributed by atoms with Gasteiger partial charge in [-0.25, -0.2) is 4.98 Å². The standard InChI is InChI=1S/C15H17NO4S/c1-4-8-20-12-10(6-5-7-11(12)19-3)14-16-9(2)13(21-14)15(17)18/h5-7H,4,8H2,1-3H3,(H,17,18)/p-1. The lowest BCUT2D eigenvalue weighted by Gasteiger charge is -2.13. The van der Waals surface area contributed by atoms with Crippen LogP contribution in [-0.4, -0.2) is 24.7 Å². The summed E-state index contributed by atoms with van der Waals surface area (Å²) in [6.07, 6.45) is 0.860. The monoisotopic (exact) mass is 306 g/mol. The SMILES string of the molecule is CCCOc1c(OC)cccc1-c1nc(C)c(C(=O)[O-])s1. The fraction of sp³-hybridized carbons (Fsp3) is 0.333. The maximum atomic E-state index is 11.0. The molecular formula is C15H16NO4S-. The van der Waals surface area contributed by atoms with Crippen LogP contribution in [0.4, 0.5) is 0 Å². The summed E-state index contributed by atoms with van der Waals surface area (Å²) in [7, 11) is 1.57. The van der Waals surface area contributed by atoms with E-state index in [-0.39, 0.29) is 4.88 Å². The Bertz CT molecular complexity index is 651. The fourth-order valence-corrected chi connectivity index (χ4v) is 2.82. The molecule has 0 saturated carbocycles. The Morgan fingerprint density at radius 3 is 2.76 bits per heavy atom. The van der Waals surface area contributed by atoms with Crippen LogP contribution >= 0.6 is 11.3 Å². The molecule has 0 radical (unpaired) electrons. The Morgan fingerprint density at radius 2 is 2.19 bits per heavy atom. The van der Waals surface area contributed by atoms with Crippen molar-refractivity contribution in [3.63, 3.8) is 0 Å². The molecule has 0 spiro atoms. The summed E-state index contributed by atoms with van der Waals surface area (Å²) in [6.45, 7) is 4.21. The molecule has 0 amide bonds. The van der Waals surface area contributed by atoms with Crippen LogP contribution in [0.2, 0.25) is 0 Å². The van der Waals surface area contributed by atoms with Gasteiger partial charge in [0, 0.05) is 0 Å². The molecule has 1 aromatic carbocycles. The maximum absolute atomic E-state index is 11.0. The highest BCUT2D eigenvalue weighted by Gasteiger charge is 2.17. The van der Waals surface area contributed by atoms with Crippen LogP contribution in [0.3, 0.4) is 0 Å². The minimum Gasteiger partial charge on any atom is -0.544 e. The lowest BCUT2D eigenvalue weighted by Crippen LogP contribution is -2.21. The fourth-order valence-electron chi connectivity index (χ4n) is 1.90. The minimum absolute atomic E-state index is 0.134. The topological polar surface area (TPSA) is 71.5 Å². The van der Waals surface area contributed by atoms with E-state index in [1.165, 1.54) is 0 Å². The average Bonchev–Trinajstić information content (AvgIpc) is 2.86. The van der Waals surface area contributed by atoms with Crippen LogP contribution in [0.1, 0.15) is 28.7 Å². The smallest absolute Gasteiger partial charge is 0.171 e. The largest absolute Gasteiger partial charge is 0.544 e. The minimum atomic E-state index is -1.21. The van der Waals surface area contributed by atoms with Crippen LogP contribution in [0.15, 0.2) is 18.2 Å². The first-order valence-electron chi connectivity index (χ1n) is 6.57. The van der Waals surface area contributed by atoms with E-state index in [1.54, 1.807) is 20.1 Å². The van der Waals surface area contributed by atoms with E-state index in [4.69, 9.17) is 9.47 Å². The molecule has 6 heteroatoms. The lowest BCUT2D eigenvalue weighted by molar-refractivity contribution is -0.254. The highest BCUT2D eigenvalue weighted by molar-refractivity contribution is 7.17. The Balaban J connectivity index is 2.52. The van der Waals surface area contributed by atoms with Crippen molar-refractivity contribution in [3.05, 3.63) is 28.8 Å². The lowest BCUT2D eigenvalue weighted by atomic mass is 10.2. The molecule has 2 rings (SSSR count). The van der Waals surface area contributed by atoms with Crippen molar-refractivity contribution < 1.29 is 19.4 Å². The van der Waals surface area contributed by atoms with Crippen LogP contribution in [0.5, 0.6) is 11.5 Å². The Morgan fingerprint density at radius 1 is 1.43 bits per heavy atom. The first-order chi connectivity index (χ1) is 10.1. The highest BCUT2D eigenvalue weighted by atomic mass is 32.1. The maximum Gasteiger partial charge on any atom is 0.171 e. The van der Waals surface area contributed by atoms with E-state index in [1.807, 2.05) is 19.1 Å². The van der Waals surface area contributed by atoms with Crippen molar-refractivity contribution >= 4 is 17.3 Å². The van der Waals surface area contributed by atoms with Gasteiger partial charge >= 0.3 is 0 Å². The van der Waals surface area contributed by atoms with Gasteiger partial charge in [0.1, 0.15) is 5.01 Å². The quantitative estimate of drug-likeness (QED) is 0.818. The van der Waals surface area contributed by atoms with Crippen LogP contribution in [0, 0.1) is 6.92 Å². The molecule has 2 aromatic rings. The van der Waals surface area contributed by atoms with Gasteiger partial charge in [0.15, 0.2) is 11.5 Å². The van der Waals surface area contributed by atoms with Crippen molar-refractivity contribution in [2.24, 2.45) is 0 Å². The molecule has 0 aliphatic carbocycles. The number of benzene rings is 1. The summed E-state index contributed by atoms with van der Waals surface area (Å²) in [4.78, 5) is 15.5. The van der Waals surface area contributed by atoms with Gasteiger partial charge in [-0.2, -0.15) is 0 Å². The second-order valence-electron chi connectivity index (χ2n) is 4.41. The van der Waals surface area contributed by atoms with Gasteiger partial charge in [-0.1, -0.05) is 13.0 Å². The number of ether oxygens (including phenoxy) is 2. The van der Waals surface area contributed by atoms with E-state index in [0.717, 1.165) is 23.3 Å². The first kappa shape index (κ1) is 15.3. The molecule has 0 atom stereocenters. The second-order valence-corrected chi connectivity index (χ2v) is 5.41.